The first-order valence-corrected chi connectivity index (χ1v) is 3.89. The van der Waals surface area contributed by atoms with E-state index in [1.807, 2.05) is 0 Å². The SMILES string of the molecule is CC(C)(C#N)c1c[c]cc(Cl)n1. The van der Waals surface area contributed by atoms with Crippen LogP contribution >= 0.6 is 11.6 Å². The smallest absolute Gasteiger partial charge is 0.130 e. The van der Waals surface area contributed by atoms with Crippen molar-refractivity contribution in [2.24, 2.45) is 0 Å². The van der Waals surface area contributed by atoms with Gasteiger partial charge in [0.1, 0.15) is 5.15 Å². The van der Waals surface area contributed by atoms with Gasteiger partial charge in [0.25, 0.3) is 0 Å². The first-order valence-electron chi connectivity index (χ1n) is 3.51. The number of nitriles is 1. The van der Waals surface area contributed by atoms with Crippen LogP contribution in [-0.4, -0.2) is 4.98 Å². The molecule has 0 aromatic carbocycles. The molecule has 61 valence electrons. The summed E-state index contributed by atoms with van der Waals surface area (Å²) in [5.41, 5.74) is 0.0546. The van der Waals surface area contributed by atoms with Gasteiger partial charge in [-0.1, -0.05) is 11.6 Å². The van der Waals surface area contributed by atoms with E-state index >= 15 is 0 Å². The van der Waals surface area contributed by atoms with E-state index in [0.29, 0.717) is 10.8 Å². The van der Waals surface area contributed by atoms with Crippen molar-refractivity contribution in [1.82, 2.24) is 4.98 Å². The zero-order chi connectivity index (χ0) is 9.19. The average Bonchev–Trinajstić information content (AvgIpc) is 2.05. The maximum atomic E-state index is 8.79. The summed E-state index contributed by atoms with van der Waals surface area (Å²) in [4.78, 5) is 4.03. The third kappa shape index (κ3) is 1.75. The van der Waals surface area contributed by atoms with Gasteiger partial charge in [-0.2, -0.15) is 5.26 Å². The molecule has 1 rings (SSSR count). The van der Waals surface area contributed by atoms with Gasteiger partial charge >= 0.3 is 0 Å². The lowest BCUT2D eigenvalue weighted by Crippen LogP contribution is -2.15. The molecule has 0 bridgehead atoms. The summed E-state index contributed by atoms with van der Waals surface area (Å²) < 4.78 is 0. The largest absolute Gasteiger partial charge is 0.239 e. The van der Waals surface area contributed by atoms with E-state index in [0.717, 1.165) is 0 Å². The Morgan fingerprint density at radius 1 is 1.58 bits per heavy atom. The maximum Gasteiger partial charge on any atom is 0.130 e. The number of nitrogens with zero attached hydrogens (tertiary/aromatic N) is 2. The molecule has 0 saturated carbocycles. The Labute approximate surface area is 76.8 Å². The van der Waals surface area contributed by atoms with E-state index in [4.69, 9.17) is 16.9 Å². The van der Waals surface area contributed by atoms with Gasteiger partial charge in [0, 0.05) is 0 Å². The van der Waals surface area contributed by atoms with E-state index in [-0.39, 0.29) is 0 Å². The minimum absolute atomic E-state index is 0.371. The summed E-state index contributed by atoms with van der Waals surface area (Å²) >= 11 is 5.66. The lowest BCUT2D eigenvalue weighted by Gasteiger charge is -2.13. The second-order valence-electron chi connectivity index (χ2n) is 3.01. The lowest BCUT2D eigenvalue weighted by atomic mass is 9.91. The molecule has 1 heterocycles. The van der Waals surface area contributed by atoms with Crippen molar-refractivity contribution < 1.29 is 0 Å². The van der Waals surface area contributed by atoms with Gasteiger partial charge in [-0.3, -0.25) is 0 Å². The molecular formula is C9H8ClN2. The number of rotatable bonds is 1. The topological polar surface area (TPSA) is 36.7 Å². The Morgan fingerprint density at radius 3 is 2.75 bits per heavy atom. The molecule has 1 radical (unpaired) electrons. The van der Waals surface area contributed by atoms with Crippen LogP contribution in [0.4, 0.5) is 0 Å². The Bertz CT molecular complexity index is 326. The van der Waals surface area contributed by atoms with Crippen LogP contribution in [0.2, 0.25) is 5.15 Å². The Kier molecular flexibility index (Phi) is 2.35. The fraction of sp³-hybridized carbons (Fsp3) is 0.333. The van der Waals surface area contributed by atoms with Gasteiger partial charge in [0.15, 0.2) is 0 Å². The second-order valence-corrected chi connectivity index (χ2v) is 3.40. The first kappa shape index (κ1) is 9.02. The molecule has 2 nitrogen and oxygen atoms in total. The molecule has 0 atom stereocenters. The third-order valence-electron chi connectivity index (χ3n) is 1.57. The molecule has 0 aliphatic rings. The van der Waals surface area contributed by atoms with Crippen LogP contribution in [-0.2, 0) is 5.41 Å². The molecule has 3 heteroatoms. The number of hydrogen-bond donors (Lipinski definition) is 0. The molecule has 1 aromatic heterocycles. The zero-order valence-electron chi connectivity index (χ0n) is 6.93. The Hall–Kier alpha value is -1.07. The van der Waals surface area contributed by atoms with E-state index in [1.54, 1.807) is 26.0 Å². The van der Waals surface area contributed by atoms with Gasteiger partial charge in [0.2, 0.25) is 0 Å². The van der Waals surface area contributed by atoms with Gasteiger partial charge < -0.3 is 0 Å². The van der Waals surface area contributed by atoms with Gasteiger partial charge in [-0.05, 0) is 32.0 Å². The molecule has 12 heavy (non-hydrogen) atoms. The molecule has 0 unspecified atom stereocenters. The molecule has 0 N–H and O–H groups in total. The first-order chi connectivity index (χ1) is 5.56. The van der Waals surface area contributed by atoms with Gasteiger partial charge in [-0.15, -0.1) is 0 Å². The zero-order valence-corrected chi connectivity index (χ0v) is 7.68. The predicted octanol–water partition coefficient (Wildman–Crippen LogP) is 2.34. The van der Waals surface area contributed by atoms with Crippen molar-refractivity contribution >= 4 is 11.6 Å². The Balaban J connectivity index is 3.14. The van der Waals surface area contributed by atoms with Crippen LogP contribution in [0, 0.1) is 17.4 Å². The van der Waals surface area contributed by atoms with E-state index < -0.39 is 5.41 Å². The molecule has 0 amide bonds. The molecule has 0 aliphatic carbocycles. The van der Waals surface area contributed by atoms with Gasteiger partial charge in [-0.25, -0.2) is 4.98 Å². The highest BCUT2D eigenvalue weighted by atomic mass is 35.5. The van der Waals surface area contributed by atoms with Crippen LogP contribution in [0.3, 0.4) is 0 Å². The molecule has 0 saturated heterocycles. The molecule has 0 spiro atoms. The van der Waals surface area contributed by atoms with E-state index in [9.17, 15) is 0 Å². The van der Waals surface area contributed by atoms with E-state index in [2.05, 4.69) is 17.1 Å². The molecular weight excluding hydrogens is 172 g/mol. The monoisotopic (exact) mass is 179 g/mol. The van der Waals surface area contributed by atoms with Crippen LogP contribution in [0.15, 0.2) is 12.1 Å². The van der Waals surface area contributed by atoms with Crippen molar-refractivity contribution in [3.63, 3.8) is 0 Å². The maximum absolute atomic E-state index is 8.79. The highest BCUT2D eigenvalue weighted by Gasteiger charge is 2.21. The number of hydrogen-bond acceptors (Lipinski definition) is 2. The minimum atomic E-state index is -0.596. The van der Waals surface area contributed by atoms with Crippen molar-refractivity contribution in [3.05, 3.63) is 29.0 Å². The summed E-state index contributed by atoms with van der Waals surface area (Å²) in [6.07, 6.45) is 0. The van der Waals surface area contributed by atoms with Crippen LogP contribution in [0.25, 0.3) is 0 Å². The van der Waals surface area contributed by atoms with Crippen molar-refractivity contribution in [3.8, 4) is 6.07 Å². The summed E-state index contributed by atoms with van der Waals surface area (Å²) in [5.74, 6) is 0. The highest BCUT2D eigenvalue weighted by Crippen LogP contribution is 2.20. The van der Waals surface area contributed by atoms with Crippen molar-refractivity contribution in [1.29, 1.82) is 5.26 Å². The standard InChI is InChI=1S/C9H8ClN2/c1-9(2,6-11)7-4-3-5-8(10)12-7/h4-5H,1-2H3. The van der Waals surface area contributed by atoms with Gasteiger partial charge in [0.05, 0.1) is 17.2 Å². The third-order valence-corrected chi connectivity index (χ3v) is 1.76. The summed E-state index contributed by atoms with van der Waals surface area (Å²) in [5, 5.41) is 9.16. The number of pyridine rings is 1. The second kappa shape index (κ2) is 3.12. The fourth-order valence-corrected chi connectivity index (χ4v) is 0.900. The van der Waals surface area contributed by atoms with Crippen LogP contribution in [0.1, 0.15) is 19.5 Å². The number of aromatic nitrogens is 1. The minimum Gasteiger partial charge on any atom is -0.239 e. The summed E-state index contributed by atoms with van der Waals surface area (Å²) in [7, 11) is 0. The van der Waals surface area contributed by atoms with Crippen LogP contribution < -0.4 is 0 Å². The predicted molar refractivity (Wildman–Crippen MR) is 46.7 cm³/mol. The Morgan fingerprint density at radius 2 is 2.25 bits per heavy atom. The quantitative estimate of drug-likeness (QED) is 0.621. The molecule has 1 aromatic rings. The summed E-state index contributed by atoms with van der Waals surface area (Å²) in [6, 6.07) is 8.21. The average molecular weight is 180 g/mol. The fourth-order valence-electron chi connectivity index (χ4n) is 0.746. The molecule has 0 fully saturated rings. The van der Waals surface area contributed by atoms with Crippen molar-refractivity contribution in [2.75, 3.05) is 0 Å². The number of halogens is 1. The van der Waals surface area contributed by atoms with Crippen molar-refractivity contribution in [2.45, 2.75) is 19.3 Å². The summed E-state index contributed by atoms with van der Waals surface area (Å²) in [6.45, 7) is 3.58. The van der Waals surface area contributed by atoms with Crippen LogP contribution in [0.5, 0.6) is 0 Å². The lowest BCUT2D eigenvalue weighted by molar-refractivity contribution is 0.659. The molecule has 0 aliphatic heterocycles. The highest BCUT2D eigenvalue weighted by molar-refractivity contribution is 6.29. The normalized spacial score (nSPS) is 10.8. The van der Waals surface area contributed by atoms with E-state index in [1.165, 1.54) is 0 Å².